The molecule has 0 aliphatic carbocycles. The largest absolute Gasteiger partial charge is 0.426 e. The first-order valence-electron chi connectivity index (χ1n) is 4.60. The van der Waals surface area contributed by atoms with Gasteiger partial charge in [0.1, 0.15) is 0 Å². The highest BCUT2D eigenvalue weighted by molar-refractivity contribution is 5.87. The van der Waals surface area contributed by atoms with Gasteiger partial charge in [-0.3, -0.25) is 0 Å². The highest BCUT2D eigenvalue weighted by Gasteiger charge is 2.27. The molecule has 0 saturated heterocycles. The van der Waals surface area contributed by atoms with Gasteiger partial charge in [-0.15, -0.1) is 0 Å². The summed E-state index contributed by atoms with van der Waals surface area (Å²) < 4.78 is 4.90. The van der Waals surface area contributed by atoms with Crippen molar-refractivity contribution in [3.63, 3.8) is 0 Å². The van der Waals surface area contributed by atoms with Crippen molar-refractivity contribution in [1.29, 1.82) is 0 Å². The maximum absolute atomic E-state index is 11.3. The van der Waals surface area contributed by atoms with E-state index in [-0.39, 0.29) is 5.57 Å². The van der Waals surface area contributed by atoms with Gasteiger partial charge in [-0.2, -0.15) is 0 Å². The summed E-state index contributed by atoms with van der Waals surface area (Å²) in [5.41, 5.74) is 0.783. The van der Waals surface area contributed by atoms with Crippen LogP contribution in [-0.4, -0.2) is 11.1 Å². The maximum atomic E-state index is 11.3. The summed E-state index contributed by atoms with van der Waals surface area (Å²) in [6.45, 7) is 6.40. The summed E-state index contributed by atoms with van der Waals surface area (Å²) in [6, 6.07) is 8.72. The third-order valence-corrected chi connectivity index (χ3v) is 1.95. The number of benzene rings is 1. The molecule has 3 heteroatoms. The van der Waals surface area contributed by atoms with E-state index in [2.05, 4.69) is 6.58 Å². The van der Waals surface area contributed by atoms with Crippen molar-refractivity contribution in [2.75, 3.05) is 0 Å². The fraction of sp³-hybridized carbons (Fsp3) is 0.250. The average Bonchev–Trinajstić information content (AvgIpc) is 2.18. The van der Waals surface area contributed by atoms with E-state index in [4.69, 9.17) is 4.74 Å². The smallest absolute Gasteiger partial charge is 0.335 e. The van der Waals surface area contributed by atoms with E-state index < -0.39 is 11.8 Å². The number of rotatable bonds is 3. The van der Waals surface area contributed by atoms with Crippen LogP contribution < -0.4 is 0 Å². The van der Waals surface area contributed by atoms with E-state index in [0.29, 0.717) is 5.56 Å². The number of hydrogen-bond donors (Lipinski definition) is 1. The number of aliphatic hydroxyl groups is 1. The van der Waals surface area contributed by atoms with Crippen molar-refractivity contribution in [2.24, 2.45) is 0 Å². The highest BCUT2D eigenvalue weighted by atomic mass is 16.7. The second kappa shape index (κ2) is 4.28. The molecule has 0 amide bonds. The lowest BCUT2D eigenvalue weighted by Gasteiger charge is -2.23. The zero-order valence-electron chi connectivity index (χ0n) is 8.86. The second-order valence-corrected chi connectivity index (χ2v) is 3.52. The first-order valence-corrected chi connectivity index (χ1v) is 4.60. The number of carbonyl (C=O) groups is 1. The summed E-state index contributed by atoms with van der Waals surface area (Å²) in [5, 5.41) is 9.92. The van der Waals surface area contributed by atoms with Crippen LogP contribution in [0.4, 0.5) is 0 Å². The molecule has 0 aliphatic heterocycles. The lowest BCUT2D eigenvalue weighted by atomic mass is 10.1. The Hall–Kier alpha value is -1.61. The van der Waals surface area contributed by atoms with E-state index in [1.807, 2.05) is 6.07 Å². The molecule has 1 aromatic carbocycles. The van der Waals surface area contributed by atoms with Crippen molar-refractivity contribution in [3.05, 3.63) is 48.0 Å². The lowest BCUT2D eigenvalue weighted by molar-refractivity contribution is -0.202. The van der Waals surface area contributed by atoms with Crippen molar-refractivity contribution < 1.29 is 14.6 Å². The Balaban J connectivity index is 2.85. The van der Waals surface area contributed by atoms with E-state index in [1.54, 1.807) is 24.3 Å². The molecule has 1 rings (SSSR count). The van der Waals surface area contributed by atoms with Crippen molar-refractivity contribution in [3.8, 4) is 0 Å². The zero-order chi connectivity index (χ0) is 11.5. The fourth-order valence-electron chi connectivity index (χ4n) is 1.07. The predicted octanol–water partition coefficient (Wildman–Crippen LogP) is 1.97. The van der Waals surface area contributed by atoms with Gasteiger partial charge in [0.2, 0.25) is 5.79 Å². The molecule has 1 aromatic rings. The van der Waals surface area contributed by atoms with E-state index >= 15 is 0 Å². The van der Waals surface area contributed by atoms with Gasteiger partial charge in [0.05, 0.1) is 0 Å². The minimum absolute atomic E-state index is 0.256. The molecular formula is C12H14O3. The van der Waals surface area contributed by atoms with Crippen LogP contribution in [-0.2, 0) is 15.3 Å². The number of esters is 1. The first-order chi connectivity index (χ1) is 6.93. The molecule has 1 unspecified atom stereocenters. The van der Waals surface area contributed by atoms with Crippen LogP contribution in [0.5, 0.6) is 0 Å². The molecule has 15 heavy (non-hydrogen) atoms. The van der Waals surface area contributed by atoms with Gasteiger partial charge >= 0.3 is 5.97 Å². The van der Waals surface area contributed by atoms with Gasteiger partial charge in [-0.1, -0.05) is 36.9 Å². The van der Waals surface area contributed by atoms with Crippen LogP contribution in [0.2, 0.25) is 0 Å². The molecule has 0 saturated carbocycles. The van der Waals surface area contributed by atoms with Gasteiger partial charge in [0.15, 0.2) is 0 Å². The molecule has 1 atom stereocenters. The maximum Gasteiger partial charge on any atom is 0.335 e. The molecule has 3 nitrogen and oxygen atoms in total. The minimum atomic E-state index is -1.61. The Kier molecular flexibility index (Phi) is 3.27. The average molecular weight is 206 g/mol. The second-order valence-electron chi connectivity index (χ2n) is 3.52. The van der Waals surface area contributed by atoms with Crippen LogP contribution in [0, 0.1) is 0 Å². The third kappa shape index (κ3) is 2.92. The van der Waals surface area contributed by atoms with Crippen LogP contribution >= 0.6 is 0 Å². The molecule has 0 aliphatic rings. The summed E-state index contributed by atoms with van der Waals surface area (Å²) in [6.07, 6.45) is 0. The Morgan fingerprint density at radius 2 is 1.93 bits per heavy atom. The van der Waals surface area contributed by atoms with Crippen LogP contribution in [0.15, 0.2) is 42.5 Å². The van der Waals surface area contributed by atoms with Gasteiger partial charge < -0.3 is 9.84 Å². The summed E-state index contributed by atoms with van der Waals surface area (Å²) >= 11 is 0. The SMILES string of the molecule is C=C(C)C(=O)OC(C)(O)c1ccccc1. The quantitative estimate of drug-likeness (QED) is 0.467. The zero-order valence-corrected chi connectivity index (χ0v) is 8.86. The minimum Gasteiger partial charge on any atom is -0.426 e. The standard InChI is InChI=1S/C12H14O3/c1-9(2)11(13)15-12(3,14)10-7-5-4-6-8-10/h4-8,14H,1H2,2-3H3. The van der Waals surface area contributed by atoms with E-state index in [9.17, 15) is 9.90 Å². The molecule has 80 valence electrons. The van der Waals surface area contributed by atoms with Gasteiger partial charge in [0.25, 0.3) is 0 Å². The predicted molar refractivity (Wildman–Crippen MR) is 56.9 cm³/mol. The number of hydrogen-bond acceptors (Lipinski definition) is 3. The Morgan fingerprint density at radius 1 is 1.40 bits per heavy atom. The highest BCUT2D eigenvalue weighted by Crippen LogP contribution is 2.22. The molecule has 0 aromatic heterocycles. The molecule has 0 heterocycles. The van der Waals surface area contributed by atoms with Crippen molar-refractivity contribution in [1.82, 2.24) is 0 Å². The van der Waals surface area contributed by atoms with Crippen LogP contribution in [0.25, 0.3) is 0 Å². The Bertz CT molecular complexity index is 366. The van der Waals surface area contributed by atoms with Gasteiger partial charge in [-0.05, 0) is 6.92 Å². The Labute approximate surface area is 89.0 Å². The molecule has 0 fully saturated rings. The summed E-state index contributed by atoms with van der Waals surface area (Å²) in [5.74, 6) is -2.22. The lowest BCUT2D eigenvalue weighted by Crippen LogP contribution is -2.28. The normalized spacial score (nSPS) is 14.1. The molecule has 1 N–H and O–H groups in total. The summed E-state index contributed by atoms with van der Waals surface area (Å²) in [7, 11) is 0. The third-order valence-electron chi connectivity index (χ3n) is 1.95. The molecule has 0 spiro atoms. The fourth-order valence-corrected chi connectivity index (χ4v) is 1.07. The van der Waals surface area contributed by atoms with E-state index in [0.717, 1.165) is 0 Å². The number of ether oxygens (including phenoxy) is 1. The van der Waals surface area contributed by atoms with Crippen molar-refractivity contribution in [2.45, 2.75) is 19.6 Å². The monoisotopic (exact) mass is 206 g/mol. The Morgan fingerprint density at radius 3 is 2.40 bits per heavy atom. The van der Waals surface area contributed by atoms with E-state index in [1.165, 1.54) is 13.8 Å². The first kappa shape index (κ1) is 11.5. The topological polar surface area (TPSA) is 46.5 Å². The molecule has 0 bridgehead atoms. The van der Waals surface area contributed by atoms with Crippen LogP contribution in [0.1, 0.15) is 19.4 Å². The summed E-state index contributed by atoms with van der Waals surface area (Å²) in [4.78, 5) is 11.3. The molecule has 0 radical (unpaired) electrons. The van der Waals surface area contributed by atoms with Gasteiger partial charge in [-0.25, -0.2) is 4.79 Å². The molecular weight excluding hydrogens is 192 g/mol. The van der Waals surface area contributed by atoms with Crippen molar-refractivity contribution >= 4 is 5.97 Å². The van der Waals surface area contributed by atoms with Crippen LogP contribution in [0.3, 0.4) is 0 Å². The number of carbonyl (C=O) groups excluding carboxylic acids is 1. The van der Waals surface area contributed by atoms with Gasteiger partial charge in [0, 0.05) is 18.1 Å².